The maximum Gasteiger partial charge on any atom is 0.104 e. The molecule has 3 heteroatoms. The van der Waals surface area contributed by atoms with Crippen molar-refractivity contribution in [2.45, 2.75) is 44.6 Å². The molecule has 1 aliphatic carbocycles. The molecule has 2 N–H and O–H groups in total. The Kier molecular flexibility index (Phi) is 4.37. The lowest BCUT2D eigenvalue weighted by molar-refractivity contribution is 0.117. The Labute approximate surface area is 86.2 Å². The molecule has 0 saturated heterocycles. The van der Waals surface area contributed by atoms with E-state index in [1.165, 1.54) is 12.8 Å². The molecule has 1 fully saturated rings. The van der Waals surface area contributed by atoms with Crippen LogP contribution in [0, 0.1) is 17.2 Å². The van der Waals surface area contributed by atoms with Crippen molar-refractivity contribution >= 4 is 0 Å². The van der Waals surface area contributed by atoms with Gasteiger partial charge in [-0.2, -0.15) is 5.26 Å². The molecule has 3 nitrogen and oxygen atoms in total. The fraction of sp³-hybridized carbons (Fsp3) is 0.909. The van der Waals surface area contributed by atoms with E-state index in [4.69, 9.17) is 15.7 Å². The molecule has 14 heavy (non-hydrogen) atoms. The summed E-state index contributed by atoms with van der Waals surface area (Å²) in [5.41, 5.74) is 5.20. The highest BCUT2D eigenvalue weighted by molar-refractivity contribution is 5.03. The van der Waals surface area contributed by atoms with Crippen molar-refractivity contribution in [3.8, 4) is 6.07 Å². The van der Waals surface area contributed by atoms with Crippen molar-refractivity contribution in [2.24, 2.45) is 11.7 Å². The standard InChI is InChI=1S/C11H20N2O/c1-2-11(13,9-12)6-3-7-14-8-10-4-5-10/h10H,2-8,13H2,1H3. The summed E-state index contributed by atoms with van der Waals surface area (Å²) >= 11 is 0. The molecule has 0 aliphatic heterocycles. The van der Waals surface area contributed by atoms with E-state index in [0.717, 1.165) is 32.0 Å². The summed E-state index contributed by atoms with van der Waals surface area (Å²) in [6.45, 7) is 3.60. The van der Waals surface area contributed by atoms with Gasteiger partial charge in [-0.25, -0.2) is 0 Å². The Bertz CT molecular complexity index is 208. The second-order valence-electron chi connectivity index (χ2n) is 4.24. The van der Waals surface area contributed by atoms with Gasteiger partial charge in [-0.15, -0.1) is 0 Å². The van der Waals surface area contributed by atoms with Crippen LogP contribution in [0.4, 0.5) is 0 Å². The van der Waals surface area contributed by atoms with Gasteiger partial charge in [0.2, 0.25) is 0 Å². The number of hydrogen-bond acceptors (Lipinski definition) is 3. The van der Waals surface area contributed by atoms with Crippen LogP contribution >= 0.6 is 0 Å². The minimum Gasteiger partial charge on any atom is -0.381 e. The van der Waals surface area contributed by atoms with Gasteiger partial charge in [0.05, 0.1) is 6.07 Å². The number of ether oxygens (including phenoxy) is 1. The number of nitrogens with two attached hydrogens (primary N) is 1. The first-order valence-corrected chi connectivity index (χ1v) is 5.48. The van der Waals surface area contributed by atoms with Crippen molar-refractivity contribution in [3.63, 3.8) is 0 Å². The Hall–Kier alpha value is -0.590. The molecule has 0 aromatic rings. The zero-order chi connectivity index (χ0) is 10.4. The summed E-state index contributed by atoms with van der Waals surface area (Å²) in [6, 6.07) is 2.16. The zero-order valence-electron chi connectivity index (χ0n) is 8.96. The largest absolute Gasteiger partial charge is 0.381 e. The van der Waals surface area contributed by atoms with Crippen molar-refractivity contribution in [1.29, 1.82) is 5.26 Å². The summed E-state index contributed by atoms with van der Waals surface area (Å²) in [6.07, 6.45) is 5.00. The molecule has 1 aliphatic rings. The lowest BCUT2D eigenvalue weighted by Crippen LogP contribution is -2.37. The van der Waals surface area contributed by atoms with E-state index >= 15 is 0 Å². The van der Waals surface area contributed by atoms with Gasteiger partial charge in [0.1, 0.15) is 5.54 Å². The van der Waals surface area contributed by atoms with Crippen LogP contribution in [-0.2, 0) is 4.74 Å². The Morgan fingerprint density at radius 3 is 2.79 bits per heavy atom. The van der Waals surface area contributed by atoms with Crippen LogP contribution in [0.3, 0.4) is 0 Å². The van der Waals surface area contributed by atoms with Crippen molar-refractivity contribution in [1.82, 2.24) is 0 Å². The zero-order valence-corrected chi connectivity index (χ0v) is 8.96. The molecule has 0 heterocycles. The van der Waals surface area contributed by atoms with Gasteiger partial charge in [0, 0.05) is 13.2 Å². The van der Waals surface area contributed by atoms with E-state index in [1.54, 1.807) is 0 Å². The smallest absolute Gasteiger partial charge is 0.104 e. The first kappa shape index (κ1) is 11.5. The third-order valence-corrected chi connectivity index (χ3v) is 2.82. The SMILES string of the molecule is CCC(N)(C#N)CCCOCC1CC1. The lowest BCUT2D eigenvalue weighted by Gasteiger charge is -2.18. The Morgan fingerprint density at radius 2 is 2.29 bits per heavy atom. The summed E-state index contributed by atoms with van der Waals surface area (Å²) < 4.78 is 5.48. The highest BCUT2D eigenvalue weighted by atomic mass is 16.5. The second-order valence-corrected chi connectivity index (χ2v) is 4.24. The van der Waals surface area contributed by atoms with Crippen molar-refractivity contribution in [2.75, 3.05) is 13.2 Å². The predicted molar refractivity (Wildman–Crippen MR) is 55.6 cm³/mol. The number of hydrogen-bond donors (Lipinski definition) is 1. The summed E-state index contributed by atoms with van der Waals surface area (Å²) in [5, 5.41) is 8.82. The van der Waals surface area contributed by atoms with Gasteiger partial charge in [-0.05, 0) is 38.0 Å². The van der Waals surface area contributed by atoms with Gasteiger partial charge >= 0.3 is 0 Å². The normalized spacial score (nSPS) is 20.1. The third-order valence-electron chi connectivity index (χ3n) is 2.82. The molecule has 0 aromatic carbocycles. The lowest BCUT2D eigenvalue weighted by atomic mass is 9.94. The quantitative estimate of drug-likeness (QED) is 0.632. The van der Waals surface area contributed by atoms with Gasteiger partial charge in [0.15, 0.2) is 0 Å². The molecule has 0 bridgehead atoms. The minimum absolute atomic E-state index is 0.636. The minimum atomic E-state index is -0.636. The second kappa shape index (κ2) is 5.33. The van der Waals surface area contributed by atoms with Crippen LogP contribution in [0.15, 0.2) is 0 Å². The molecular formula is C11H20N2O. The van der Waals surface area contributed by atoms with Crippen LogP contribution in [0.2, 0.25) is 0 Å². The third kappa shape index (κ3) is 4.08. The van der Waals surface area contributed by atoms with Crippen LogP contribution < -0.4 is 5.73 Å². The van der Waals surface area contributed by atoms with Crippen molar-refractivity contribution < 1.29 is 4.74 Å². The first-order chi connectivity index (χ1) is 6.70. The van der Waals surface area contributed by atoms with E-state index in [-0.39, 0.29) is 0 Å². The molecule has 0 spiro atoms. The fourth-order valence-electron chi connectivity index (χ4n) is 1.34. The van der Waals surface area contributed by atoms with Crippen molar-refractivity contribution in [3.05, 3.63) is 0 Å². The Morgan fingerprint density at radius 1 is 1.57 bits per heavy atom. The monoisotopic (exact) mass is 196 g/mol. The molecule has 1 rings (SSSR count). The van der Waals surface area contributed by atoms with Gasteiger partial charge in [0.25, 0.3) is 0 Å². The van der Waals surface area contributed by atoms with Crippen LogP contribution in [0.1, 0.15) is 39.0 Å². The molecule has 0 aromatic heterocycles. The van der Waals surface area contributed by atoms with E-state index in [9.17, 15) is 0 Å². The maximum absolute atomic E-state index is 8.82. The van der Waals surface area contributed by atoms with Gasteiger partial charge < -0.3 is 10.5 Å². The highest BCUT2D eigenvalue weighted by Crippen LogP contribution is 2.28. The average molecular weight is 196 g/mol. The molecule has 0 radical (unpaired) electrons. The highest BCUT2D eigenvalue weighted by Gasteiger charge is 2.22. The molecule has 0 amide bonds. The number of rotatable bonds is 7. The number of nitriles is 1. The molecular weight excluding hydrogens is 176 g/mol. The maximum atomic E-state index is 8.82. The van der Waals surface area contributed by atoms with E-state index < -0.39 is 5.54 Å². The van der Waals surface area contributed by atoms with Crippen LogP contribution in [0.25, 0.3) is 0 Å². The molecule has 80 valence electrons. The van der Waals surface area contributed by atoms with Crippen LogP contribution in [0.5, 0.6) is 0 Å². The predicted octanol–water partition coefficient (Wildman–Crippen LogP) is 1.82. The first-order valence-electron chi connectivity index (χ1n) is 5.48. The number of nitrogens with zero attached hydrogens (tertiary/aromatic N) is 1. The molecule has 1 saturated carbocycles. The van der Waals surface area contributed by atoms with E-state index in [2.05, 4.69) is 6.07 Å². The molecule has 1 atom stereocenters. The topological polar surface area (TPSA) is 59.0 Å². The summed E-state index contributed by atoms with van der Waals surface area (Å²) in [4.78, 5) is 0. The van der Waals surface area contributed by atoms with Crippen LogP contribution in [-0.4, -0.2) is 18.8 Å². The molecule has 1 unspecified atom stereocenters. The van der Waals surface area contributed by atoms with Gasteiger partial charge in [-0.3, -0.25) is 0 Å². The summed E-state index contributed by atoms with van der Waals surface area (Å²) in [5.74, 6) is 0.819. The Balaban J connectivity index is 1.98. The fourth-order valence-corrected chi connectivity index (χ4v) is 1.34. The summed E-state index contributed by atoms with van der Waals surface area (Å²) in [7, 11) is 0. The van der Waals surface area contributed by atoms with E-state index in [0.29, 0.717) is 6.42 Å². The van der Waals surface area contributed by atoms with Gasteiger partial charge in [-0.1, -0.05) is 6.92 Å². The van der Waals surface area contributed by atoms with E-state index in [1.807, 2.05) is 6.92 Å². The average Bonchev–Trinajstić information content (AvgIpc) is 3.01.